The lowest BCUT2D eigenvalue weighted by Gasteiger charge is -2.42. The normalized spacial score (nSPS) is 18.3. The van der Waals surface area contributed by atoms with Crippen LogP contribution in [-0.2, 0) is 30.0 Å². The van der Waals surface area contributed by atoms with Gasteiger partial charge in [-0.3, -0.25) is 4.90 Å². The molecule has 0 bridgehead atoms. The molecular formula is C31H29F3N2O4. The van der Waals surface area contributed by atoms with E-state index in [1.807, 2.05) is 24.3 Å². The zero-order valence-electron chi connectivity index (χ0n) is 22.2. The average molecular weight is 551 g/mol. The smallest absolute Gasteiger partial charge is 0.427 e. The fourth-order valence-corrected chi connectivity index (χ4v) is 4.52. The molecule has 3 aromatic rings. The van der Waals surface area contributed by atoms with Crippen molar-refractivity contribution in [1.29, 1.82) is 0 Å². The Bertz CT molecular complexity index is 1420. The Morgan fingerprint density at radius 1 is 0.900 bits per heavy atom. The molecule has 208 valence electrons. The lowest BCUT2D eigenvalue weighted by Crippen LogP contribution is -2.62. The van der Waals surface area contributed by atoms with Crippen LogP contribution in [0.2, 0.25) is 0 Å². The van der Waals surface area contributed by atoms with E-state index in [0.29, 0.717) is 17.9 Å². The van der Waals surface area contributed by atoms with Gasteiger partial charge in [0.25, 0.3) is 0 Å². The van der Waals surface area contributed by atoms with Crippen molar-refractivity contribution < 1.29 is 32.2 Å². The number of ether oxygens (including phenoxy) is 3. The van der Waals surface area contributed by atoms with Crippen LogP contribution in [0.3, 0.4) is 0 Å². The number of hydrogen-bond acceptors (Lipinski definition) is 4. The third-order valence-electron chi connectivity index (χ3n) is 6.96. The molecule has 0 unspecified atom stereocenters. The fourth-order valence-electron chi connectivity index (χ4n) is 4.52. The first-order valence-electron chi connectivity index (χ1n) is 12.9. The number of methoxy groups -OCH3 is 2. The zero-order valence-corrected chi connectivity index (χ0v) is 22.2. The van der Waals surface area contributed by atoms with Crippen molar-refractivity contribution in [2.45, 2.75) is 44.3 Å². The summed E-state index contributed by atoms with van der Waals surface area (Å²) in [6.45, 7) is 0.504. The van der Waals surface area contributed by atoms with Gasteiger partial charge >= 0.3 is 12.2 Å². The van der Waals surface area contributed by atoms with Crippen LogP contribution in [0.5, 0.6) is 11.5 Å². The van der Waals surface area contributed by atoms with E-state index in [1.165, 1.54) is 11.0 Å². The lowest BCUT2D eigenvalue weighted by molar-refractivity contribution is -0.179. The number of hydrogen-bond donors (Lipinski definition) is 1. The average Bonchev–Trinajstić information content (AvgIpc) is 3.78. The van der Waals surface area contributed by atoms with E-state index < -0.39 is 17.7 Å². The molecule has 5 rings (SSSR count). The summed E-state index contributed by atoms with van der Waals surface area (Å²) in [7, 11) is 3.13. The molecule has 6 nitrogen and oxygen atoms in total. The number of amides is 2. The SMILES string of the molecule is COc1ccc(COCc2ccc3c(c2)N(Cc2ccc(OC)cc2)C(=O)N[C@]3(C#CC2CC2)C(F)(F)F)cc1. The van der Waals surface area contributed by atoms with Gasteiger partial charge in [-0.05, 0) is 59.9 Å². The summed E-state index contributed by atoms with van der Waals surface area (Å²) in [5, 5.41) is 2.22. The molecule has 1 N–H and O–H groups in total. The van der Waals surface area contributed by atoms with Gasteiger partial charge in [0, 0.05) is 11.5 Å². The largest absolute Gasteiger partial charge is 0.497 e. The van der Waals surface area contributed by atoms with Crippen LogP contribution in [0.25, 0.3) is 0 Å². The number of benzene rings is 3. The van der Waals surface area contributed by atoms with Gasteiger partial charge in [0.05, 0.1) is 39.7 Å². The van der Waals surface area contributed by atoms with E-state index in [-0.39, 0.29) is 30.3 Å². The van der Waals surface area contributed by atoms with Crippen molar-refractivity contribution >= 4 is 11.7 Å². The number of nitrogens with one attached hydrogen (secondary N) is 1. The number of halogens is 3. The highest BCUT2D eigenvalue weighted by Gasteiger charge is 2.60. The number of fused-ring (bicyclic) bond motifs is 1. The van der Waals surface area contributed by atoms with E-state index in [1.54, 1.807) is 50.6 Å². The van der Waals surface area contributed by atoms with Crippen LogP contribution in [0, 0.1) is 17.8 Å². The second kappa shape index (κ2) is 11.1. The molecule has 1 fully saturated rings. The maximum absolute atomic E-state index is 14.7. The van der Waals surface area contributed by atoms with Gasteiger partial charge in [-0.1, -0.05) is 48.2 Å². The fraction of sp³-hybridized carbons (Fsp3) is 0.323. The van der Waals surface area contributed by atoms with E-state index in [2.05, 4.69) is 17.2 Å². The molecule has 1 heterocycles. The van der Waals surface area contributed by atoms with Crippen molar-refractivity contribution in [1.82, 2.24) is 5.32 Å². The number of rotatable bonds is 8. The molecule has 0 spiro atoms. The molecule has 2 amide bonds. The molecule has 0 radical (unpaired) electrons. The minimum absolute atomic E-state index is 0.0585. The minimum Gasteiger partial charge on any atom is -0.497 e. The van der Waals surface area contributed by atoms with Crippen molar-refractivity contribution in [3.05, 3.63) is 89.0 Å². The minimum atomic E-state index is -4.84. The van der Waals surface area contributed by atoms with Crippen LogP contribution >= 0.6 is 0 Å². The number of carbonyl (C=O) groups is 1. The maximum atomic E-state index is 14.7. The van der Waals surface area contributed by atoms with Gasteiger partial charge in [0.15, 0.2) is 0 Å². The number of nitrogens with zero attached hydrogens (tertiary/aromatic N) is 1. The van der Waals surface area contributed by atoms with Crippen LogP contribution in [0.1, 0.15) is 35.1 Å². The number of urea groups is 1. The summed E-state index contributed by atoms with van der Waals surface area (Å²) in [6.07, 6.45) is -3.32. The van der Waals surface area contributed by atoms with Crippen LogP contribution < -0.4 is 19.7 Å². The summed E-state index contributed by atoms with van der Waals surface area (Å²) in [6, 6.07) is 18.1. The molecule has 1 atom stereocenters. The molecule has 1 aliphatic heterocycles. The quantitative estimate of drug-likeness (QED) is 0.334. The number of carbonyl (C=O) groups excluding carboxylic acids is 1. The van der Waals surface area contributed by atoms with E-state index >= 15 is 0 Å². The van der Waals surface area contributed by atoms with E-state index in [4.69, 9.17) is 14.2 Å². The van der Waals surface area contributed by atoms with Gasteiger partial charge in [0.2, 0.25) is 5.54 Å². The highest BCUT2D eigenvalue weighted by atomic mass is 19.4. The molecule has 0 saturated heterocycles. The van der Waals surface area contributed by atoms with E-state index in [0.717, 1.165) is 29.7 Å². The molecular weight excluding hydrogens is 521 g/mol. The third kappa shape index (κ3) is 5.73. The molecule has 3 aromatic carbocycles. The zero-order chi connectivity index (χ0) is 28.3. The molecule has 0 aromatic heterocycles. The first kappa shape index (κ1) is 27.4. The Labute approximate surface area is 231 Å². The van der Waals surface area contributed by atoms with Crippen LogP contribution in [0.4, 0.5) is 23.7 Å². The second-order valence-corrected chi connectivity index (χ2v) is 9.85. The number of anilines is 1. The Kier molecular flexibility index (Phi) is 7.63. The van der Waals surface area contributed by atoms with Crippen molar-refractivity contribution in [3.63, 3.8) is 0 Å². The van der Waals surface area contributed by atoms with Gasteiger partial charge < -0.3 is 19.5 Å². The van der Waals surface area contributed by atoms with Gasteiger partial charge in [-0.2, -0.15) is 13.2 Å². The Morgan fingerprint density at radius 2 is 1.48 bits per heavy atom. The first-order chi connectivity index (χ1) is 19.2. The monoisotopic (exact) mass is 550 g/mol. The van der Waals surface area contributed by atoms with Gasteiger partial charge in [-0.15, -0.1) is 0 Å². The van der Waals surface area contributed by atoms with Crippen molar-refractivity contribution in [3.8, 4) is 23.3 Å². The third-order valence-corrected chi connectivity index (χ3v) is 6.96. The van der Waals surface area contributed by atoms with Crippen LogP contribution in [-0.4, -0.2) is 26.4 Å². The highest BCUT2D eigenvalue weighted by molar-refractivity contribution is 5.97. The predicted molar refractivity (Wildman–Crippen MR) is 144 cm³/mol. The first-order valence-corrected chi connectivity index (χ1v) is 12.9. The van der Waals surface area contributed by atoms with Gasteiger partial charge in [-0.25, -0.2) is 4.79 Å². The molecule has 40 heavy (non-hydrogen) atoms. The molecule has 1 saturated carbocycles. The maximum Gasteiger partial charge on any atom is 0.427 e. The Hall–Kier alpha value is -4.16. The summed E-state index contributed by atoms with van der Waals surface area (Å²) in [5.41, 5.74) is -0.487. The summed E-state index contributed by atoms with van der Waals surface area (Å²) < 4.78 is 60.4. The summed E-state index contributed by atoms with van der Waals surface area (Å²) in [5.74, 6) is 6.44. The molecule has 2 aliphatic rings. The Morgan fingerprint density at radius 3 is 2.05 bits per heavy atom. The molecule has 1 aliphatic carbocycles. The summed E-state index contributed by atoms with van der Waals surface area (Å²) >= 11 is 0. The summed E-state index contributed by atoms with van der Waals surface area (Å²) in [4.78, 5) is 14.7. The van der Waals surface area contributed by atoms with Crippen LogP contribution in [0.15, 0.2) is 66.7 Å². The molecule has 9 heteroatoms. The van der Waals surface area contributed by atoms with E-state index in [9.17, 15) is 18.0 Å². The highest BCUT2D eigenvalue weighted by Crippen LogP contribution is 2.46. The van der Waals surface area contributed by atoms with Crippen molar-refractivity contribution in [2.75, 3.05) is 19.1 Å². The topological polar surface area (TPSA) is 60.0 Å². The standard InChI is InChI=1S/C31H29F3N2O4/c1-38-25-10-5-22(6-11-25)18-36-28-17-24(20-40-19-23-7-12-26(39-2)13-8-23)9-14-27(28)30(31(32,33)34,35-29(36)37)16-15-21-3-4-21/h5-14,17,21H,3-4,18-20H2,1-2H3,(H,35,37)/t30-/m0/s1. The second-order valence-electron chi connectivity index (χ2n) is 9.85. The number of alkyl halides is 3. The van der Waals surface area contributed by atoms with Gasteiger partial charge in [0.1, 0.15) is 11.5 Å². The lowest BCUT2D eigenvalue weighted by atomic mass is 9.85. The van der Waals surface area contributed by atoms with Crippen molar-refractivity contribution in [2.24, 2.45) is 5.92 Å². The Balaban J connectivity index is 1.48. The predicted octanol–water partition coefficient (Wildman–Crippen LogP) is 6.32.